The second-order valence-electron chi connectivity index (χ2n) is 4.91. The maximum Gasteiger partial charge on any atom is 0.236 e. The highest BCUT2D eigenvalue weighted by molar-refractivity contribution is 5.81. The van der Waals surface area contributed by atoms with Gasteiger partial charge in [0.15, 0.2) is 0 Å². The third-order valence-corrected chi connectivity index (χ3v) is 2.51. The van der Waals surface area contributed by atoms with E-state index < -0.39 is 0 Å². The summed E-state index contributed by atoms with van der Waals surface area (Å²) in [5.41, 5.74) is 0. The monoisotopic (exact) mass is 273 g/mol. The number of carbonyl (C=O) groups excluding carboxylic acids is 2. The Kier molecular flexibility index (Phi) is 10.1. The standard InChI is InChI=1S/C13H27N3O3/c1-10(2)9-16-12(17)5-6-14-11(3)13(18)15-7-8-19-4/h10-11,14H,5-9H2,1-4H3,(H,15,18)(H,16,17). The molecule has 0 bridgehead atoms. The van der Waals surface area contributed by atoms with Gasteiger partial charge in [0.1, 0.15) is 0 Å². The molecular formula is C13H27N3O3. The van der Waals surface area contributed by atoms with E-state index in [2.05, 4.69) is 16.0 Å². The largest absolute Gasteiger partial charge is 0.383 e. The zero-order valence-electron chi connectivity index (χ0n) is 12.4. The smallest absolute Gasteiger partial charge is 0.236 e. The van der Waals surface area contributed by atoms with Gasteiger partial charge in [-0.1, -0.05) is 13.8 Å². The lowest BCUT2D eigenvalue weighted by atomic mass is 10.2. The van der Waals surface area contributed by atoms with Gasteiger partial charge in [0.2, 0.25) is 11.8 Å². The van der Waals surface area contributed by atoms with E-state index in [1.54, 1.807) is 14.0 Å². The molecule has 0 saturated heterocycles. The number of nitrogens with one attached hydrogen (secondary N) is 3. The molecule has 1 unspecified atom stereocenters. The Morgan fingerprint density at radius 3 is 2.37 bits per heavy atom. The minimum Gasteiger partial charge on any atom is -0.383 e. The van der Waals surface area contributed by atoms with Crippen LogP contribution in [0.25, 0.3) is 0 Å². The molecule has 0 aromatic rings. The highest BCUT2D eigenvalue weighted by Gasteiger charge is 2.11. The first-order chi connectivity index (χ1) is 8.97. The fourth-order valence-corrected chi connectivity index (χ4v) is 1.33. The van der Waals surface area contributed by atoms with E-state index in [1.807, 2.05) is 13.8 Å². The van der Waals surface area contributed by atoms with Gasteiger partial charge >= 0.3 is 0 Å². The quantitative estimate of drug-likeness (QED) is 0.485. The molecule has 0 fully saturated rings. The summed E-state index contributed by atoms with van der Waals surface area (Å²) in [7, 11) is 1.59. The fourth-order valence-electron chi connectivity index (χ4n) is 1.33. The SMILES string of the molecule is COCCNC(=O)C(C)NCCC(=O)NCC(C)C. The molecule has 1 atom stereocenters. The van der Waals surface area contributed by atoms with E-state index in [0.717, 1.165) is 0 Å². The first-order valence-corrected chi connectivity index (χ1v) is 6.74. The van der Waals surface area contributed by atoms with Gasteiger partial charge in [-0.15, -0.1) is 0 Å². The maximum atomic E-state index is 11.6. The molecule has 0 aromatic carbocycles. The van der Waals surface area contributed by atoms with E-state index >= 15 is 0 Å². The molecule has 112 valence electrons. The van der Waals surface area contributed by atoms with Crippen molar-refractivity contribution in [2.45, 2.75) is 33.2 Å². The zero-order valence-corrected chi connectivity index (χ0v) is 12.4. The van der Waals surface area contributed by atoms with Gasteiger partial charge in [-0.25, -0.2) is 0 Å². The number of amides is 2. The molecule has 0 saturated carbocycles. The number of rotatable bonds is 10. The van der Waals surface area contributed by atoms with Crippen LogP contribution in [0, 0.1) is 5.92 Å². The molecule has 0 radical (unpaired) electrons. The Morgan fingerprint density at radius 1 is 1.11 bits per heavy atom. The van der Waals surface area contributed by atoms with E-state index in [4.69, 9.17) is 4.74 Å². The third kappa shape index (κ3) is 10.5. The molecule has 6 heteroatoms. The number of ether oxygens (including phenoxy) is 1. The van der Waals surface area contributed by atoms with Crippen LogP contribution in [0.3, 0.4) is 0 Å². The van der Waals surface area contributed by atoms with Gasteiger partial charge in [-0.05, 0) is 12.8 Å². The van der Waals surface area contributed by atoms with Crippen molar-refractivity contribution in [3.63, 3.8) is 0 Å². The predicted octanol–water partition coefficient (Wildman–Crippen LogP) is -0.111. The molecule has 0 aliphatic rings. The summed E-state index contributed by atoms with van der Waals surface area (Å²) in [6.07, 6.45) is 0.377. The Bertz CT molecular complexity index is 270. The topological polar surface area (TPSA) is 79.5 Å². The average molecular weight is 273 g/mol. The lowest BCUT2D eigenvalue weighted by Gasteiger charge is -2.14. The molecule has 0 heterocycles. The molecule has 0 aromatic heterocycles. The van der Waals surface area contributed by atoms with Crippen LogP contribution in [0.4, 0.5) is 0 Å². The second-order valence-corrected chi connectivity index (χ2v) is 4.91. The first kappa shape index (κ1) is 17.9. The van der Waals surface area contributed by atoms with Crippen LogP contribution in [0.5, 0.6) is 0 Å². The Balaban J connectivity index is 3.63. The fraction of sp³-hybridized carbons (Fsp3) is 0.846. The van der Waals surface area contributed by atoms with Crippen molar-refractivity contribution in [3.05, 3.63) is 0 Å². The van der Waals surface area contributed by atoms with Gasteiger partial charge in [-0.2, -0.15) is 0 Å². The number of hydrogen-bond acceptors (Lipinski definition) is 4. The van der Waals surface area contributed by atoms with Crippen molar-refractivity contribution in [2.24, 2.45) is 5.92 Å². The van der Waals surface area contributed by atoms with Crippen LogP contribution in [0.15, 0.2) is 0 Å². The minimum absolute atomic E-state index is 0.00758. The number of methoxy groups -OCH3 is 1. The van der Waals surface area contributed by atoms with E-state index in [-0.39, 0.29) is 17.9 Å². The van der Waals surface area contributed by atoms with Gasteiger partial charge in [0.25, 0.3) is 0 Å². The maximum absolute atomic E-state index is 11.6. The summed E-state index contributed by atoms with van der Waals surface area (Å²) in [4.78, 5) is 23.0. The van der Waals surface area contributed by atoms with E-state index in [0.29, 0.717) is 38.6 Å². The van der Waals surface area contributed by atoms with Crippen molar-refractivity contribution in [1.82, 2.24) is 16.0 Å². The molecule has 19 heavy (non-hydrogen) atoms. The summed E-state index contributed by atoms with van der Waals surface area (Å²) in [6, 6.07) is -0.310. The van der Waals surface area contributed by atoms with Crippen molar-refractivity contribution < 1.29 is 14.3 Å². The van der Waals surface area contributed by atoms with Crippen LogP contribution in [0.1, 0.15) is 27.2 Å². The van der Waals surface area contributed by atoms with Crippen molar-refractivity contribution in [2.75, 3.05) is 33.4 Å². The van der Waals surface area contributed by atoms with Gasteiger partial charge in [0.05, 0.1) is 12.6 Å². The van der Waals surface area contributed by atoms with E-state index in [1.165, 1.54) is 0 Å². The lowest BCUT2D eigenvalue weighted by Crippen LogP contribution is -2.44. The van der Waals surface area contributed by atoms with Crippen LogP contribution >= 0.6 is 0 Å². The van der Waals surface area contributed by atoms with Crippen LogP contribution in [-0.4, -0.2) is 51.2 Å². The normalized spacial score (nSPS) is 12.3. The molecule has 2 amide bonds. The Labute approximate surface area is 115 Å². The van der Waals surface area contributed by atoms with Gasteiger partial charge < -0.3 is 20.7 Å². The van der Waals surface area contributed by atoms with Crippen LogP contribution in [-0.2, 0) is 14.3 Å². The van der Waals surface area contributed by atoms with Crippen molar-refractivity contribution >= 4 is 11.8 Å². The lowest BCUT2D eigenvalue weighted by molar-refractivity contribution is -0.124. The predicted molar refractivity (Wildman–Crippen MR) is 74.8 cm³/mol. The highest BCUT2D eigenvalue weighted by atomic mass is 16.5. The van der Waals surface area contributed by atoms with Crippen molar-refractivity contribution in [3.8, 4) is 0 Å². The third-order valence-electron chi connectivity index (χ3n) is 2.51. The van der Waals surface area contributed by atoms with E-state index in [9.17, 15) is 9.59 Å². The first-order valence-electron chi connectivity index (χ1n) is 6.74. The van der Waals surface area contributed by atoms with Crippen molar-refractivity contribution in [1.29, 1.82) is 0 Å². The average Bonchev–Trinajstić information content (AvgIpc) is 2.36. The highest BCUT2D eigenvalue weighted by Crippen LogP contribution is 1.89. The number of carbonyl (C=O) groups is 2. The zero-order chi connectivity index (χ0) is 14.7. The minimum atomic E-state index is -0.310. The Hall–Kier alpha value is -1.14. The van der Waals surface area contributed by atoms with Gasteiger partial charge in [0, 0.05) is 33.2 Å². The van der Waals surface area contributed by atoms with Crippen LogP contribution < -0.4 is 16.0 Å². The summed E-state index contributed by atoms with van der Waals surface area (Å²) < 4.78 is 4.84. The molecule has 3 N–H and O–H groups in total. The molecule has 6 nitrogen and oxygen atoms in total. The number of hydrogen-bond donors (Lipinski definition) is 3. The summed E-state index contributed by atoms with van der Waals surface area (Å²) in [5.74, 6) is 0.371. The molecule has 0 aliphatic carbocycles. The Morgan fingerprint density at radius 2 is 1.79 bits per heavy atom. The second kappa shape index (κ2) is 10.8. The molecule has 0 spiro atoms. The van der Waals surface area contributed by atoms with Crippen LogP contribution in [0.2, 0.25) is 0 Å². The molecule has 0 rings (SSSR count). The summed E-state index contributed by atoms with van der Waals surface area (Å²) in [5, 5.41) is 8.58. The van der Waals surface area contributed by atoms with Gasteiger partial charge in [-0.3, -0.25) is 9.59 Å². The molecule has 0 aliphatic heterocycles. The molecular weight excluding hydrogens is 246 g/mol. The summed E-state index contributed by atoms with van der Waals surface area (Å²) in [6.45, 7) is 8.03. The summed E-state index contributed by atoms with van der Waals surface area (Å²) >= 11 is 0.